The van der Waals surface area contributed by atoms with Gasteiger partial charge in [-0.1, -0.05) is 31.4 Å². The van der Waals surface area contributed by atoms with Gasteiger partial charge in [-0.3, -0.25) is 4.79 Å². The van der Waals surface area contributed by atoms with Crippen molar-refractivity contribution in [3.05, 3.63) is 12.2 Å². The van der Waals surface area contributed by atoms with Crippen molar-refractivity contribution in [1.82, 2.24) is 5.43 Å². The molecule has 0 aliphatic heterocycles. The molecule has 1 amide bonds. The Morgan fingerprint density at radius 3 is 2.71 bits per heavy atom. The van der Waals surface area contributed by atoms with Crippen LogP contribution in [0.1, 0.15) is 51.4 Å². The standard InChI is InChI=1S/C14H22N2O/c17-14(13-9-5-2-6-10-13)16-15-11-12-7-3-1-4-8-12/h1,3,11-13H,2,4-10H2,(H,16,17)/b15-11+. The summed E-state index contributed by atoms with van der Waals surface area (Å²) in [7, 11) is 0. The largest absolute Gasteiger partial charge is 0.273 e. The Morgan fingerprint density at radius 2 is 2.00 bits per heavy atom. The molecule has 0 radical (unpaired) electrons. The van der Waals surface area contributed by atoms with Crippen LogP contribution in [0.5, 0.6) is 0 Å². The summed E-state index contributed by atoms with van der Waals surface area (Å²) in [5, 5.41) is 4.11. The highest BCUT2D eigenvalue weighted by Crippen LogP contribution is 2.23. The van der Waals surface area contributed by atoms with Gasteiger partial charge in [0.15, 0.2) is 0 Å². The number of carbonyl (C=O) groups excluding carboxylic acids is 1. The van der Waals surface area contributed by atoms with E-state index in [4.69, 9.17) is 0 Å². The van der Waals surface area contributed by atoms with Gasteiger partial charge in [0.1, 0.15) is 0 Å². The zero-order valence-electron chi connectivity index (χ0n) is 10.4. The van der Waals surface area contributed by atoms with Crippen molar-refractivity contribution in [2.45, 2.75) is 51.4 Å². The minimum Gasteiger partial charge on any atom is -0.273 e. The van der Waals surface area contributed by atoms with Crippen molar-refractivity contribution in [3.8, 4) is 0 Å². The molecule has 0 aromatic carbocycles. The van der Waals surface area contributed by atoms with Crippen LogP contribution in [0.3, 0.4) is 0 Å². The van der Waals surface area contributed by atoms with Gasteiger partial charge in [0.2, 0.25) is 5.91 Å². The SMILES string of the molecule is O=C(N/N=C/C1CC=CCC1)C1CCCCC1. The average Bonchev–Trinajstić information content (AvgIpc) is 2.41. The summed E-state index contributed by atoms with van der Waals surface area (Å²) in [6.07, 6.45) is 15.4. The molecule has 0 heterocycles. The van der Waals surface area contributed by atoms with Crippen molar-refractivity contribution in [1.29, 1.82) is 0 Å². The fourth-order valence-corrected chi connectivity index (χ4v) is 2.61. The van der Waals surface area contributed by atoms with Crippen molar-refractivity contribution >= 4 is 12.1 Å². The van der Waals surface area contributed by atoms with Crippen molar-refractivity contribution in [3.63, 3.8) is 0 Å². The highest BCUT2D eigenvalue weighted by molar-refractivity contribution is 5.79. The van der Waals surface area contributed by atoms with Gasteiger partial charge < -0.3 is 0 Å². The first kappa shape index (κ1) is 12.3. The third kappa shape index (κ3) is 3.99. The first-order chi connectivity index (χ1) is 8.36. The van der Waals surface area contributed by atoms with E-state index in [-0.39, 0.29) is 11.8 Å². The van der Waals surface area contributed by atoms with Gasteiger partial charge >= 0.3 is 0 Å². The third-order valence-electron chi connectivity index (χ3n) is 3.75. The molecule has 17 heavy (non-hydrogen) atoms. The molecule has 0 saturated heterocycles. The average molecular weight is 234 g/mol. The van der Waals surface area contributed by atoms with E-state index < -0.39 is 0 Å². The molecule has 1 saturated carbocycles. The first-order valence-corrected chi connectivity index (χ1v) is 6.84. The van der Waals surface area contributed by atoms with Crippen LogP contribution in [0.15, 0.2) is 17.3 Å². The van der Waals surface area contributed by atoms with Gasteiger partial charge in [-0.2, -0.15) is 5.10 Å². The van der Waals surface area contributed by atoms with Crippen molar-refractivity contribution in [2.75, 3.05) is 0 Å². The Balaban J connectivity index is 1.71. The maximum atomic E-state index is 11.8. The van der Waals surface area contributed by atoms with Crippen LogP contribution in [0.4, 0.5) is 0 Å². The number of nitrogens with one attached hydrogen (secondary N) is 1. The molecular weight excluding hydrogens is 212 g/mol. The zero-order chi connectivity index (χ0) is 11.9. The highest BCUT2D eigenvalue weighted by Gasteiger charge is 2.20. The van der Waals surface area contributed by atoms with E-state index in [1.807, 2.05) is 6.21 Å². The van der Waals surface area contributed by atoms with Crippen LogP contribution < -0.4 is 5.43 Å². The van der Waals surface area contributed by atoms with E-state index in [2.05, 4.69) is 22.7 Å². The number of nitrogens with zero attached hydrogens (tertiary/aromatic N) is 1. The van der Waals surface area contributed by atoms with E-state index in [0.717, 1.165) is 32.1 Å². The lowest BCUT2D eigenvalue weighted by atomic mass is 9.89. The van der Waals surface area contributed by atoms with Gasteiger partial charge in [0, 0.05) is 12.1 Å². The lowest BCUT2D eigenvalue weighted by Crippen LogP contribution is -2.28. The summed E-state index contributed by atoms with van der Waals surface area (Å²) < 4.78 is 0. The van der Waals surface area contributed by atoms with Crippen LogP contribution in [0, 0.1) is 11.8 Å². The maximum absolute atomic E-state index is 11.8. The van der Waals surface area contributed by atoms with E-state index >= 15 is 0 Å². The molecule has 0 aromatic heterocycles. The molecule has 1 N–H and O–H groups in total. The molecule has 3 heteroatoms. The second-order valence-electron chi connectivity index (χ2n) is 5.13. The van der Waals surface area contributed by atoms with E-state index in [1.54, 1.807) is 0 Å². The molecule has 0 bridgehead atoms. The van der Waals surface area contributed by atoms with E-state index in [9.17, 15) is 4.79 Å². The summed E-state index contributed by atoms with van der Waals surface area (Å²) in [5.41, 5.74) is 2.71. The maximum Gasteiger partial charge on any atom is 0.243 e. The van der Waals surface area contributed by atoms with Crippen LogP contribution in [-0.4, -0.2) is 12.1 Å². The molecule has 1 fully saturated rings. The summed E-state index contributed by atoms with van der Waals surface area (Å²) >= 11 is 0. The number of rotatable bonds is 3. The Hall–Kier alpha value is -1.12. The van der Waals surface area contributed by atoms with Crippen LogP contribution in [0.25, 0.3) is 0 Å². The molecule has 0 spiro atoms. The second-order valence-corrected chi connectivity index (χ2v) is 5.13. The molecule has 2 aliphatic carbocycles. The molecule has 3 nitrogen and oxygen atoms in total. The Labute approximate surface area is 103 Å². The zero-order valence-corrected chi connectivity index (χ0v) is 10.4. The fourth-order valence-electron chi connectivity index (χ4n) is 2.61. The quantitative estimate of drug-likeness (QED) is 0.455. The van der Waals surface area contributed by atoms with Crippen molar-refractivity contribution < 1.29 is 4.79 Å². The molecule has 2 rings (SSSR count). The Bertz CT molecular complexity index is 303. The lowest BCUT2D eigenvalue weighted by molar-refractivity contribution is -0.125. The monoisotopic (exact) mass is 234 g/mol. The minimum atomic E-state index is 0.118. The number of carbonyl (C=O) groups is 1. The summed E-state index contributed by atoms with van der Waals surface area (Å²) in [4.78, 5) is 11.8. The number of hydrazone groups is 1. The summed E-state index contributed by atoms with van der Waals surface area (Å²) in [6, 6.07) is 0. The fraction of sp³-hybridized carbons (Fsp3) is 0.714. The second kappa shape index (κ2) is 6.58. The van der Waals surface area contributed by atoms with Crippen LogP contribution in [0.2, 0.25) is 0 Å². The van der Waals surface area contributed by atoms with E-state index in [1.165, 1.54) is 19.3 Å². The van der Waals surface area contributed by atoms with E-state index in [0.29, 0.717) is 5.92 Å². The lowest BCUT2D eigenvalue weighted by Gasteiger charge is -2.19. The predicted octanol–water partition coefficient (Wildman–Crippen LogP) is 3.03. The van der Waals surface area contributed by atoms with Crippen LogP contribution >= 0.6 is 0 Å². The molecule has 1 unspecified atom stereocenters. The predicted molar refractivity (Wildman–Crippen MR) is 69.7 cm³/mol. The van der Waals surface area contributed by atoms with Gasteiger partial charge in [0.25, 0.3) is 0 Å². The number of hydrogen-bond acceptors (Lipinski definition) is 2. The minimum absolute atomic E-state index is 0.118. The molecule has 2 aliphatic rings. The Kier molecular flexibility index (Phi) is 4.77. The topological polar surface area (TPSA) is 41.5 Å². The third-order valence-corrected chi connectivity index (χ3v) is 3.75. The molecule has 0 aromatic rings. The number of hydrogen-bond donors (Lipinski definition) is 1. The summed E-state index contributed by atoms with van der Waals surface area (Å²) in [6.45, 7) is 0. The Morgan fingerprint density at radius 1 is 1.18 bits per heavy atom. The molecule has 1 atom stereocenters. The van der Waals surface area contributed by atoms with Crippen molar-refractivity contribution in [2.24, 2.45) is 16.9 Å². The highest BCUT2D eigenvalue weighted by atomic mass is 16.2. The van der Waals surface area contributed by atoms with Gasteiger partial charge in [-0.15, -0.1) is 0 Å². The molecular formula is C14H22N2O. The normalized spacial score (nSPS) is 26.2. The molecule has 94 valence electrons. The van der Waals surface area contributed by atoms with Gasteiger partial charge in [-0.05, 0) is 38.0 Å². The number of amides is 1. The van der Waals surface area contributed by atoms with Gasteiger partial charge in [0.05, 0.1) is 0 Å². The van der Waals surface area contributed by atoms with Gasteiger partial charge in [-0.25, -0.2) is 5.43 Å². The smallest absolute Gasteiger partial charge is 0.243 e. The first-order valence-electron chi connectivity index (χ1n) is 6.84. The summed E-state index contributed by atoms with van der Waals surface area (Å²) in [5.74, 6) is 0.825. The van der Waals surface area contributed by atoms with Crippen LogP contribution in [-0.2, 0) is 4.79 Å². The number of allylic oxidation sites excluding steroid dienone is 2.